The number of halogens is 1. The standard InChI is InChI=1S/C40H43FN6O7/c1-24-11-16-31(30(41)21-24)42-34-32-33(25(2)35(48)43(34)6)47(38(51)46(37(32)50)23-26-12-14-29(53-7)15-13-26)28-10-8-9-27(22-28)36(49)44-17-19-45(20-18-44)39(52)54-40(3,4)5/h8-16,21-22,42H,17-20,23H2,1-7H3. The van der Waals surface area contributed by atoms with Crippen LogP contribution in [0, 0.1) is 19.7 Å². The molecule has 0 unspecified atom stereocenters. The molecule has 13 nitrogen and oxygen atoms in total. The van der Waals surface area contributed by atoms with Crippen LogP contribution in [0.4, 0.5) is 20.7 Å². The van der Waals surface area contributed by atoms with Gasteiger partial charge in [-0.1, -0.05) is 24.3 Å². The number of anilines is 2. The number of aromatic nitrogens is 3. The number of carbonyl (C=O) groups is 2. The molecule has 2 aromatic heterocycles. The number of hydrogen-bond donors (Lipinski definition) is 1. The second-order valence-electron chi connectivity index (χ2n) is 14.3. The fraction of sp³-hybridized carbons (Fsp3) is 0.325. The number of amides is 2. The molecule has 0 atom stereocenters. The van der Waals surface area contributed by atoms with Crippen molar-refractivity contribution in [3.05, 3.63) is 126 Å². The van der Waals surface area contributed by atoms with Gasteiger partial charge in [0.2, 0.25) is 0 Å². The molecule has 1 N–H and O–H groups in total. The largest absolute Gasteiger partial charge is 0.497 e. The molecule has 1 fully saturated rings. The zero-order chi connectivity index (χ0) is 39.1. The average molecular weight is 739 g/mol. The van der Waals surface area contributed by atoms with Crippen LogP contribution in [-0.4, -0.2) is 74.4 Å². The fourth-order valence-corrected chi connectivity index (χ4v) is 6.51. The summed E-state index contributed by atoms with van der Waals surface area (Å²) < 4.78 is 29.5. The predicted molar refractivity (Wildman–Crippen MR) is 204 cm³/mol. The highest BCUT2D eigenvalue weighted by Gasteiger charge is 2.29. The lowest BCUT2D eigenvalue weighted by molar-refractivity contribution is 0.0141. The number of fused-ring (bicyclic) bond motifs is 1. The monoisotopic (exact) mass is 738 g/mol. The first-order valence-electron chi connectivity index (χ1n) is 17.5. The van der Waals surface area contributed by atoms with E-state index in [0.29, 0.717) is 16.9 Å². The van der Waals surface area contributed by atoms with Crippen molar-refractivity contribution >= 4 is 34.4 Å². The zero-order valence-electron chi connectivity index (χ0n) is 31.4. The number of pyridine rings is 1. The summed E-state index contributed by atoms with van der Waals surface area (Å²) in [6.45, 7) is 9.56. The van der Waals surface area contributed by atoms with Crippen molar-refractivity contribution in [1.82, 2.24) is 23.5 Å². The lowest BCUT2D eigenvalue weighted by Gasteiger charge is -2.35. The smallest absolute Gasteiger partial charge is 0.410 e. The molecule has 54 heavy (non-hydrogen) atoms. The van der Waals surface area contributed by atoms with Crippen molar-refractivity contribution in [1.29, 1.82) is 0 Å². The van der Waals surface area contributed by atoms with Gasteiger partial charge < -0.3 is 24.6 Å². The molecule has 0 radical (unpaired) electrons. The van der Waals surface area contributed by atoms with E-state index in [1.165, 1.54) is 48.4 Å². The normalized spacial score (nSPS) is 13.3. The number of aryl methyl sites for hydroxylation is 2. The van der Waals surface area contributed by atoms with Gasteiger partial charge in [-0.25, -0.2) is 14.0 Å². The SMILES string of the molecule is COc1ccc(Cn2c(=O)c3c(Nc4ccc(C)cc4F)n(C)c(=O)c(C)c3n(-c3cccc(C(=O)N4CCN(C(=O)OC(C)(C)C)CC4)c3)c2=O)cc1. The number of piperazine rings is 1. The number of carbonyl (C=O) groups excluding carboxylic acids is 2. The van der Waals surface area contributed by atoms with Crippen LogP contribution in [0.1, 0.15) is 47.8 Å². The van der Waals surface area contributed by atoms with Crippen LogP contribution in [0.3, 0.4) is 0 Å². The molecule has 0 spiro atoms. The Balaban J connectivity index is 1.50. The predicted octanol–water partition coefficient (Wildman–Crippen LogP) is 5.10. The van der Waals surface area contributed by atoms with Crippen molar-refractivity contribution < 1.29 is 23.5 Å². The zero-order valence-corrected chi connectivity index (χ0v) is 31.4. The molecule has 1 saturated heterocycles. The van der Waals surface area contributed by atoms with Gasteiger partial charge in [-0.2, -0.15) is 0 Å². The molecule has 2 amide bonds. The second-order valence-corrected chi connectivity index (χ2v) is 14.3. The number of benzene rings is 3. The van der Waals surface area contributed by atoms with Crippen molar-refractivity contribution in [3.63, 3.8) is 0 Å². The molecule has 5 aromatic rings. The summed E-state index contributed by atoms with van der Waals surface area (Å²) in [6.07, 6.45) is -0.451. The van der Waals surface area contributed by atoms with Crippen molar-refractivity contribution in [2.24, 2.45) is 7.05 Å². The number of nitrogens with one attached hydrogen (secondary N) is 1. The Labute approximate surface area is 310 Å². The Morgan fingerprint density at radius 2 is 1.54 bits per heavy atom. The minimum atomic E-state index is -0.747. The molecular weight excluding hydrogens is 695 g/mol. The quantitative estimate of drug-likeness (QED) is 0.244. The minimum absolute atomic E-state index is 0.0133. The topological polar surface area (TPSA) is 137 Å². The van der Waals surface area contributed by atoms with E-state index in [0.717, 1.165) is 4.57 Å². The van der Waals surface area contributed by atoms with E-state index in [2.05, 4.69) is 5.32 Å². The maximum atomic E-state index is 15.2. The Hall–Kier alpha value is -6.18. The first-order chi connectivity index (χ1) is 25.6. The van der Waals surface area contributed by atoms with Gasteiger partial charge in [0, 0.05) is 44.4 Å². The van der Waals surface area contributed by atoms with E-state index in [-0.39, 0.29) is 77.9 Å². The fourth-order valence-electron chi connectivity index (χ4n) is 6.51. The van der Waals surface area contributed by atoms with E-state index in [9.17, 15) is 24.0 Å². The number of nitrogens with zero attached hydrogens (tertiary/aromatic N) is 5. The summed E-state index contributed by atoms with van der Waals surface area (Å²) in [5.74, 6) is -0.344. The third kappa shape index (κ3) is 7.36. The van der Waals surface area contributed by atoms with Crippen LogP contribution in [0.15, 0.2) is 81.1 Å². The van der Waals surface area contributed by atoms with Crippen molar-refractivity contribution in [3.8, 4) is 11.4 Å². The number of methoxy groups -OCH3 is 1. The van der Waals surface area contributed by atoms with Gasteiger partial charge in [0.1, 0.15) is 28.4 Å². The van der Waals surface area contributed by atoms with Crippen LogP contribution < -0.4 is 26.9 Å². The van der Waals surface area contributed by atoms with E-state index >= 15 is 4.39 Å². The lowest BCUT2D eigenvalue weighted by atomic mass is 10.1. The summed E-state index contributed by atoms with van der Waals surface area (Å²) in [7, 11) is 3.00. The maximum absolute atomic E-state index is 15.2. The highest BCUT2D eigenvalue weighted by molar-refractivity contribution is 5.96. The van der Waals surface area contributed by atoms with Gasteiger partial charge in [0.15, 0.2) is 0 Å². The Kier molecular flexibility index (Phi) is 10.2. The Bertz CT molecular complexity index is 2450. The molecule has 3 aromatic carbocycles. The number of ether oxygens (including phenoxy) is 2. The number of hydrogen-bond acceptors (Lipinski definition) is 8. The van der Waals surface area contributed by atoms with Gasteiger partial charge in [-0.3, -0.25) is 28.1 Å². The van der Waals surface area contributed by atoms with Gasteiger partial charge in [-0.15, -0.1) is 0 Å². The van der Waals surface area contributed by atoms with Gasteiger partial charge in [0.05, 0.1) is 30.5 Å². The van der Waals surface area contributed by atoms with Crippen LogP contribution in [0.5, 0.6) is 5.75 Å². The number of rotatable bonds is 7. The molecule has 1 aliphatic heterocycles. The first-order valence-corrected chi connectivity index (χ1v) is 17.5. The maximum Gasteiger partial charge on any atom is 0.410 e. The van der Waals surface area contributed by atoms with Crippen LogP contribution in [0.2, 0.25) is 0 Å². The summed E-state index contributed by atoms with van der Waals surface area (Å²) in [4.78, 5) is 72.6. The van der Waals surface area contributed by atoms with E-state index < -0.39 is 34.3 Å². The average Bonchev–Trinajstić information content (AvgIpc) is 3.14. The van der Waals surface area contributed by atoms with Gasteiger partial charge in [0.25, 0.3) is 17.0 Å². The van der Waals surface area contributed by atoms with Gasteiger partial charge >= 0.3 is 11.8 Å². The third-order valence-corrected chi connectivity index (χ3v) is 9.34. The molecular formula is C40H43FN6O7. The molecule has 14 heteroatoms. The van der Waals surface area contributed by atoms with Crippen LogP contribution in [0.25, 0.3) is 16.6 Å². The highest BCUT2D eigenvalue weighted by Crippen LogP contribution is 2.28. The Morgan fingerprint density at radius 3 is 2.17 bits per heavy atom. The molecule has 282 valence electrons. The summed E-state index contributed by atoms with van der Waals surface area (Å²) in [6, 6.07) is 17.8. The molecule has 3 heterocycles. The van der Waals surface area contributed by atoms with E-state index in [4.69, 9.17) is 9.47 Å². The van der Waals surface area contributed by atoms with E-state index in [1.54, 1.807) is 86.0 Å². The second kappa shape index (κ2) is 14.7. The van der Waals surface area contributed by atoms with Crippen molar-refractivity contribution in [2.75, 3.05) is 38.6 Å². The minimum Gasteiger partial charge on any atom is -0.497 e. The van der Waals surface area contributed by atoms with Crippen LogP contribution in [-0.2, 0) is 18.3 Å². The molecule has 0 aliphatic carbocycles. The van der Waals surface area contributed by atoms with Crippen LogP contribution >= 0.6 is 0 Å². The van der Waals surface area contributed by atoms with E-state index in [1.807, 2.05) is 0 Å². The summed E-state index contributed by atoms with van der Waals surface area (Å²) >= 11 is 0. The highest BCUT2D eigenvalue weighted by atomic mass is 19.1. The third-order valence-electron chi connectivity index (χ3n) is 9.34. The lowest BCUT2D eigenvalue weighted by Crippen LogP contribution is -2.51. The molecule has 1 aliphatic rings. The summed E-state index contributed by atoms with van der Waals surface area (Å²) in [5, 5.41) is 2.94. The van der Waals surface area contributed by atoms with Gasteiger partial charge in [-0.05, 0) is 88.2 Å². The molecule has 0 saturated carbocycles. The molecule has 0 bridgehead atoms. The Morgan fingerprint density at radius 1 is 0.870 bits per heavy atom. The molecule has 6 rings (SSSR count). The summed E-state index contributed by atoms with van der Waals surface area (Å²) in [5.41, 5.74) is -0.691. The first kappa shape index (κ1) is 37.6. The van der Waals surface area contributed by atoms with Crippen molar-refractivity contribution in [2.45, 2.75) is 46.8 Å².